The number of aromatic nitrogens is 2. The minimum Gasteiger partial charge on any atom is -0.465 e. The minimum atomic E-state index is -1.11. The normalized spacial score (nSPS) is 12.6. The Hall–Kier alpha value is -5.66. The number of anilines is 4. The van der Waals surface area contributed by atoms with Gasteiger partial charge in [-0.05, 0) is 66.4 Å². The van der Waals surface area contributed by atoms with Crippen LogP contribution in [0.2, 0.25) is 0 Å². The molecule has 0 saturated carbocycles. The van der Waals surface area contributed by atoms with Gasteiger partial charge in [-0.3, -0.25) is 4.79 Å². The maximum Gasteiger partial charge on any atom is 0.407 e. The average Bonchev–Trinajstić information content (AvgIpc) is 3.01. The van der Waals surface area contributed by atoms with Crippen molar-refractivity contribution >= 4 is 41.2 Å². The number of benzene rings is 3. The largest absolute Gasteiger partial charge is 0.465 e. The molecule has 1 aliphatic rings. The van der Waals surface area contributed by atoms with E-state index in [1.807, 2.05) is 20.8 Å². The van der Waals surface area contributed by atoms with Crippen LogP contribution in [0.3, 0.4) is 0 Å². The Morgan fingerprint density at radius 3 is 2.35 bits per heavy atom. The zero-order chi connectivity index (χ0) is 34.7. The van der Waals surface area contributed by atoms with Gasteiger partial charge in [0.1, 0.15) is 23.1 Å². The van der Waals surface area contributed by atoms with Crippen molar-refractivity contribution in [2.24, 2.45) is 5.41 Å². The average molecular weight is 662 g/mol. The summed E-state index contributed by atoms with van der Waals surface area (Å²) in [7, 11) is 0. The third kappa shape index (κ3) is 7.48. The first-order valence-corrected chi connectivity index (χ1v) is 15.0. The number of para-hydroxylation sites is 1. The molecule has 0 unspecified atom stereocenters. The highest BCUT2D eigenvalue weighted by molar-refractivity contribution is 6.05. The molecule has 48 heavy (non-hydrogen) atoms. The van der Waals surface area contributed by atoms with Crippen LogP contribution in [0.25, 0.3) is 11.3 Å². The van der Waals surface area contributed by atoms with E-state index >= 15 is 8.78 Å². The second-order valence-electron chi connectivity index (χ2n) is 12.4. The molecule has 0 radical (unpaired) electrons. The monoisotopic (exact) mass is 661 g/mol. The van der Waals surface area contributed by atoms with E-state index in [1.165, 1.54) is 35.2 Å². The number of carbonyl (C=O) groups excluding carboxylic acids is 2. The first kappa shape index (κ1) is 33.7. The Balaban J connectivity index is 1.59. The number of aryl methyl sites for hydroxylation is 1. The predicted octanol–water partition coefficient (Wildman–Crippen LogP) is 6.92. The van der Waals surface area contributed by atoms with Gasteiger partial charge in [-0.1, -0.05) is 32.9 Å². The number of halogens is 3. The number of hydrogen-bond donors (Lipinski definition) is 4. The summed E-state index contributed by atoms with van der Waals surface area (Å²) in [5.41, 5.74) is 1.40. The summed E-state index contributed by atoms with van der Waals surface area (Å²) in [6.45, 7) is 7.80. The fourth-order valence-electron chi connectivity index (χ4n) is 5.24. The van der Waals surface area contributed by atoms with Crippen molar-refractivity contribution < 1.29 is 32.7 Å². The van der Waals surface area contributed by atoms with Gasteiger partial charge in [0.25, 0.3) is 5.91 Å². The van der Waals surface area contributed by atoms with Crippen molar-refractivity contribution in [3.8, 4) is 11.3 Å². The lowest BCUT2D eigenvalue weighted by molar-refractivity contribution is 0.102. The molecule has 0 atom stereocenters. The molecule has 4 amide bonds. The SMILES string of the molecule is Cc1ccc(C(=O)Nc2ccc(F)cc2)cc1-c1nc(NCCN(CC(C)(C)C)C(=O)O)nc2c1CNC(=O)N2c1c(F)cccc1F. The Labute approximate surface area is 274 Å². The smallest absolute Gasteiger partial charge is 0.407 e. The first-order valence-electron chi connectivity index (χ1n) is 15.0. The molecule has 0 fully saturated rings. The van der Waals surface area contributed by atoms with Crippen LogP contribution in [0, 0.1) is 29.8 Å². The molecule has 0 spiro atoms. The lowest BCUT2D eigenvalue weighted by Crippen LogP contribution is -2.43. The Kier molecular flexibility index (Phi) is 9.55. The van der Waals surface area contributed by atoms with Crippen LogP contribution in [0.4, 0.5) is 45.9 Å². The van der Waals surface area contributed by atoms with E-state index in [-0.39, 0.29) is 54.6 Å². The molecule has 4 N–H and O–H groups in total. The Morgan fingerprint density at radius 2 is 1.71 bits per heavy atom. The number of nitrogens with zero attached hydrogens (tertiary/aromatic N) is 4. The zero-order valence-corrected chi connectivity index (χ0v) is 26.7. The van der Waals surface area contributed by atoms with E-state index in [4.69, 9.17) is 4.98 Å². The highest BCUT2D eigenvalue weighted by atomic mass is 19.1. The number of urea groups is 1. The van der Waals surface area contributed by atoms with Gasteiger partial charge in [0.2, 0.25) is 5.95 Å². The maximum atomic E-state index is 15.1. The van der Waals surface area contributed by atoms with Gasteiger partial charge in [0, 0.05) is 42.0 Å². The van der Waals surface area contributed by atoms with Crippen LogP contribution in [0.15, 0.2) is 60.7 Å². The number of nitrogens with one attached hydrogen (secondary N) is 3. The molecule has 11 nitrogen and oxygen atoms in total. The van der Waals surface area contributed by atoms with E-state index in [1.54, 1.807) is 25.1 Å². The lowest BCUT2D eigenvalue weighted by atomic mass is 9.96. The van der Waals surface area contributed by atoms with E-state index in [0.717, 1.165) is 17.0 Å². The van der Waals surface area contributed by atoms with E-state index in [9.17, 15) is 23.9 Å². The van der Waals surface area contributed by atoms with E-state index < -0.39 is 41.2 Å². The van der Waals surface area contributed by atoms with Crippen molar-refractivity contribution in [3.05, 3.63) is 94.8 Å². The van der Waals surface area contributed by atoms with Crippen molar-refractivity contribution in [1.29, 1.82) is 0 Å². The molecule has 1 aromatic heterocycles. The number of fused-ring (bicyclic) bond motifs is 1. The number of carboxylic acid groups (broad SMARTS) is 1. The summed E-state index contributed by atoms with van der Waals surface area (Å²) < 4.78 is 43.6. The van der Waals surface area contributed by atoms with Crippen LogP contribution >= 0.6 is 0 Å². The second-order valence-corrected chi connectivity index (χ2v) is 12.4. The highest BCUT2D eigenvalue weighted by Crippen LogP contribution is 2.39. The predicted molar refractivity (Wildman–Crippen MR) is 175 cm³/mol. The number of carbonyl (C=O) groups is 3. The van der Waals surface area contributed by atoms with E-state index in [0.29, 0.717) is 22.4 Å². The van der Waals surface area contributed by atoms with Gasteiger partial charge < -0.3 is 26.0 Å². The van der Waals surface area contributed by atoms with Crippen LogP contribution in [-0.4, -0.2) is 57.6 Å². The lowest BCUT2D eigenvalue weighted by Gasteiger charge is -2.31. The quantitative estimate of drug-likeness (QED) is 0.153. The maximum absolute atomic E-state index is 15.1. The Morgan fingerprint density at radius 1 is 1.02 bits per heavy atom. The third-order valence-corrected chi connectivity index (χ3v) is 7.44. The van der Waals surface area contributed by atoms with Gasteiger partial charge in [-0.15, -0.1) is 0 Å². The van der Waals surface area contributed by atoms with E-state index in [2.05, 4.69) is 20.9 Å². The van der Waals surface area contributed by atoms with Gasteiger partial charge in [-0.25, -0.2) is 32.6 Å². The summed E-state index contributed by atoms with van der Waals surface area (Å²) in [6, 6.07) is 12.5. The molecule has 2 heterocycles. The fraction of sp³-hybridized carbons (Fsp3) is 0.265. The highest BCUT2D eigenvalue weighted by Gasteiger charge is 2.34. The van der Waals surface area contributed by atoms with Gasteiger partial charge in [0.05, 0.1) is 12.2 Å². The molecular weight excluding hydrogens is 627 g/mol. The number of amides is 4. The van der Waals surface area contributed by atoms with Crippen molar-refractivity contribution in [3.63, 3.8) is 0 Å². The molecule has 0 bridgehead atoms. The molecular formula is C34H34F3N7O4. The second kappa shape index (κ2) is 13.6. The standard InChI is InChI=1S/C34H34F3N7O4/c1-19-8-9-20(30(45)40-22-12-10-21(35)11-13-22)16-23(19)27-24-17-39-32(46)44(28-25(36)6-5-7-26(28)37)29(24)42-31(41-27)38-14-15-43(33(47)48)18-34(2,3)4/h5-13,16H,14-15,17-18H2,1-4H3,(H,39,46)(H,40,45)(H,47,48)(H,38,41,42). The summed E-state index contributed by atoms with van der Waals surface area (Å²) >= 11 is 0. The summed E-state index contributed by atoms with van der Waals surface area (Å²) in [6.07, 6.45) is -1.11. The summed E-state index contributed by atoms with van der Waals surface area (Å²) in [5.74, 6) is -3.07. The van der Waals surface area contributed by atoms with Crippen LogP contribution in [0.5, 0.6) is 0 Å². The van der Waals surface area contributed by atoms with Gasteiger partial charge >= 0.3 is 12.1 Å². The topological polar surface area (TPSA) is 140 Å². The molecule has 0 saturated heterocycles. The Bertz CT molecular complexity index is 1860. The molecule has 250 valence electrons. The van der Waals surface area contributed by atoms with Crippen molar-refractivity contribution in [2.45, 2.75) is 34.2 Å². The molecule has 3 aromatic carbocycles. The van der Waals surface area contributed by atoms with Gasteiger partial charge in [-0.2, -0.15) is 4.98 Å². The fourth-order valence-corrected chi connectivity index (χ4v) is 5.24. The molecule has 1 aliphatic heterocycles. The molecule has 4 aromatic rings. The van der Waals surface area contributed by atoms with Crippen LogP contribution in [-0.2, 0) is 6.54 Å². The molecule has 14 heteroatoms. The zero-order valence-electron chi connectivity index (χ0n) is 26.7. The van der Waals surface area contributed by atoms with Gasteiger partial charge in [0.15, 0.2) is 5.82 Å². The third-order valence-electron chi connectivity index (χ3n) is 7.44. The van der Waals surface area contributed by atoms with Crippen molar-refractivity contribution in [1.82, 2.24) is 20.2 Å². The summed E-state index contributed by atoms with van der Waals surface area (Å²) in [5, 5.41) is 18.1. The minimum absolute atomic E-state index is 0.0399. The number of rotatable bonds is 9. The van der Waals surface area contributed by atoms with Crippen LogP contribution in [0.1, 0.15) is 42.3 Å². The summed E-state index contributed by atoms with van der Waals surface area (Å²) in [4.78, 5) is 49.5. The number of hydrogen-bond acceptors (Lipinski definition) is 6. The van der Waals surface area contributed by atoms with Crippen LogP contribution < -0.4 is 20.9 Å². The molecule has 0 aliphatic carbocycles. The molecule has 5 rings (SSSR count). The van der Waals surface area contributed by atoms with Crippen molar-refractivity contribution in [2.75, 3.05) is 35.2 Å². The first-order chi connectivity index (χ1) is 22.7.